The Morgan fingerprint density at radius 1 is 1.22 bits per heavy atom. The van der Waals surface area contributed by atoms with E-state index < -0.39 is 0 Å². The molecule has 0 spiro atoms. The third kappa shape index (κ3) is 3.83. The summed E-state index contributed by atoms with van der Waals surface area (Å²) in [6.07, 6.45) is 1.15. The normalized spacial score (nSPS) is 10.7. The van der Waals surface area contributed by atoms with Gasteiger partial charge in [0.15, 0.2) is 5.13 Å². The molecule has 2 aromatic heterocycles. The molecule has 3 aromatic rings. The zero-order chi connectivity index (χ0) is 16.2. The van der Waals surface area contributed by atoms with Gasteiger partial charge in [-0.3, -0.25) is 4.79 Å². The number of carbonyl (C=O) groups excluding carboxylic acids is 1. The molecule has 0 radical (unpaired) electrons. The van der Waals surface area contributed by atoms with Crippen molar-refractivity contribution >= 4 is 33.7 Å². The van der Waals surface area contributed by atoms with E-state index in [9.17, 15) is 4.79 Å². The molecule has 0 aliphatic rings. The summed E-state index contributed by atoms with van der Waals surface area (Å²) in [6, 6.07) is 9.99. The topological polar surface area (TPSA) is 54.9 Å². The second-order valence-corrected chi connectivity index (χ2v) is 7.17. The van der Waals surface area contributed by atoms with Crippen molar-refractivity contribution in [3.05, 3.63) is 52.0 Å². The lowest BCUT2D eigenvalue weighted by Crippen LogP contribution is -2.14. The Morgan fingerprint density at radius 3 is 2.70 bits per heavy atom. The van der Waals surface area contributed by atoms with Gasteiger partial charge in [0, 0.05) is 15.8 Å². The maximum atomic E-state index is 12.2. The van der Waals surface area contributed by atoms with Gasteiger partial charge in [-0.25, -0.2) is 9.97 Å². The molecular formula is C17H17N3OS2. The van der Waals surface area contributed by atoms with Gasteiger partial charge in [0.1, 0.15) is 5.01 Å². The molecule has 0 saturated heterocycles. The number of hydrogen-bond donors (Lipinski definition) is 1. The van der Waals surface area contributed by atoms with Gasteiger partial charge >= 0.3 is 0 Å². The van der Waals surface area contributed by atoms with Crippen molar-refractivity contribution in [1.82, 2.24) is 9.97 Å². The second kappa shape index (κ2) is 7.02. The van der Waals surface area contributed by atoms with Crippen LogP contribution in [0.3, 0.4) is 0 Å². The van der Waals surface area contributed by atoms with E-state index in [1.807, 2.05) is 42.6 Å². The molecule has 0 unspecified atom stereocenters. The molecule has 23 heavy (non-hydrogen) atoms. The van der Waals surface area contributed by atoms with Crippen LogP contribution in [0.5, 0.6) is 0 Å². The van der Waals surface area contributed by atoms with Crippen LogP contribution >= 0.6 is 22.7 Å². The molecule has 0 saturated carbocycles. The SMILES string of the molecule is CCc1nc(NC(=O)Cc2csc(-c3ccccc3)n2)sc1C. The van der Waals surface area contributed by atoms with Gasteiger partial charge in [0.05, 0.1) is 17.8 Å². The second-order valence-electron chi connectivity index (χ2n) is 5.11. The number of hydrogen-bond acceptors (Lipinski definition) is 5. The van der Waals surface area contributed by atoms with E-state index in [0.717, 1.165) is 33.3 Å². The minimum absolute atomic E-state index is 0.0775. The molecule has 118 valence electrons. The molecule has 3 rings (SSSR count). The lowest BCUT2D eigenvalue weighted by Gasteiger charge is -1.99. The molecule has 1 aromatic carbocycles. The third-order valence-electron chi connectivity index (χ3n) is 3.39. The molecular weight excluding hydrogens is 326 g/mol. The number of amides is 1. The number of carbonyl (C=O) groups is 1. The van der Waals surface area contributed by atoms with Crippen molar-refractivity contribution in [3.63, 3.8) is 0 Å². The van der Waals surface area contributed by atoms with Crippen LogP contribution in [0.2, 0.25) is 0 Å². The van der Waals surface area contributed by atoms with Crippen molar-refractivity contribution in [2.24, 2.45) is 0 Å². The number of nitrogens with one attached hydrogen (secondary N) is 1. The van der Waals surface area contributed by atoms with Gasteiger partial charge in [0.2, 0.25) is 5.91 Å². The zero-order valence-corrected chi connectivity index (χ0v) is 14.6. The van der Waals surface area contributed by atoms with Crippen molar-refractivity contribution in [2.75, 3.05) is 5.32 Å². The fourth-order valence-electron chi connectivity index (χ4n) is 2.24. The lowest BCUT2D eigenvalue weighted by atomic mass is 10.2. The Hall–Kier alpha value is -2.05. The predicted octanol–water partition coefficient (Wildman–Crippen LogP) is 4.32. The minimum Gasteiger partial charge on any atom is -0.302 e. The molecule has 1 amide bonds. The van der Waals surface area contributed by atoms with E-state index in [1.165, 1.54) is 11.3 Å². The van der Waals surface area contributed by atoms with Gasteiger partial charge < -0.3 is 5.32 Å². The van der Waals surface area contributed by atoms with Crippen LogP contribution in [0.25, 0.3) is 10.6 Å². The first-order valence-corrected chi connectivity index (χ1v) is 9.11. The standard InChI is InChI=1S/C17H17N3OS2/c1-3-14-11(2)23-17(19-14)20-15(21)9-13-10-22-16(18-13)12-7-5-4-6-8-12/h4-8,10H,3,9H2,1-2H3,(H,19,20,21). The minimum atomic E-state index is -0.0775. The summed E-state index contributed by atoms with van der Waals surface area (Å²) in [4.78, 5) is 22.3. The number of benzene rings is 1. The number of anilines is 1. The number of thiazole rings is 2. The zero-order valence-electron chi connectivity index (χ0n) is 13.0. The summed E-state index contributed by atoms with van der Waals surface area (Å²) in [7, 11) is 0. The van der Waals surface area contributed by atoms with E-state index >= 15 is 0 Å². The van der Waals surface area contributed by atoms with Crippen LogP contribution in [0.1, 0.15) is 23.2 Å². The van der Waals surface area contributed by atoms with E-state index in [4.69, 9.17) is 0 Å². The first-order chi connectivity index (χ1) is 11.2. The Labute approximate surface area is 143 Å². The van der Waals surface area contributed by atoms with Crippen LogP contribution in [-0.2, 0) is 17.6 Å². The molecule has 0 bridgehead atoms. The largest absolute Gasteiger partial charge is 0.302 e. The number of aryl methyl sites for hydroxylation is 2. The van der Waals surface area contributed by atoms with Crippen molar-refractivity contribution in [3.8, 4) is 10.6 Å². The maximum absolute atomic E-state index is 12.2. The van der Waals surface area contributed by atoms with Gasteiger partial charge in [0.25, 0.3) is 0 Å². The summed E-state index contributed by atoms with van der Waals surface area (Å²) in [5, 5.41) is 6.41. The molecule has 0 atom stereocenters. The Balaban J connectivity index is 1.65. The first kappa shape index (κ1) is 15.8. The fraction of sp³-hybridized carbons (Fsp3) is 0.235. The van der Waals surface area contributed by atoms with E-state index in [1.54, 1.807) is 11.3 Å². The van der Waals surface area contributed by atoms with Crippen LogP contribution in [0.4, 0.5) is 5.13 Å². The van der Waals surface area contributed by atoms with Gasteiger partial charge in [-0.05, 0) is 13.3 Å². The van der Waals surface area contributed by atoms with E-state index in [2.05, 4.69) is 22.2 Å². The van der Waals surface area contributed by atoms with Gasteiger partial charge in [-0.2, -0.15) is 0 Å². The summed E-state index contributed by atoms with van der Waals surface area (Å²) in [5.41, 5.74) is 2.91. The van der Waals surface area contributed by atoms with E-state index in [-0.39, 0.29) is 12.3 Å². The first-order valence-electron chi connectivity index (χ1n) is 7.41. The summed E-state index contributed by atoms with van der Waals surface area (Å²) in [5.74, 6) is -0.0775. The lowest BCUT2D eigenvalue weighted by molar-refractivity contribution is -0.115. The van der Waals surface area contributed by atoms with Crippen molar-refractivity contribution in [2.45, 2.75) is 26.7 Å². The highest BCUT2D eigenvalue weighted by Crippen LogP contribution is 2.25. The summed E-state index contributed by atoms with van der Waals surface area (Å²) >= 11 is 3.08. The average molecular weight is 343 g/mol. The maximum Gasteiger partial charge on any atom is 0.232 e. The van der Waals surface area contributed by atoms with Crippen LogP contribution in [0.15, 0.2) is 35.7 Å². The highest BCUT2D eigenvalue weighted by Gasteiger charge is 2.12. The Bertz CT molecular complexity index is 808. The molecule has 4 nitrogen and oxygen atoms in total. The van der Waals surface area contributed by atoms with Crippen LogP contribution < -0.4 is 5.32 Å². The van der Waals surface area contributed by atoms with Crippen molar-refractivity contribution in [1.29, 1.82) is 0 Å². The predicted molar refractivity (Wildman–Crippen MR) is 96.1 cm³/mol. The number of aromatic nitrogens is 2. The summed E-state index contributed by atoms with van der Waals surface area (Å²) < 4.78 is 0. The average Bonchev–Trinajstić information content (AvgIpc) is 3.14. The Morgan fingerprint density at radius 2 is 2.00 bits per heavy atom. The molecule has 2 heterocycles. The smallest absolute Gasteiger partial charge is 0.232 e. The van der Waals surface area contributed by atoms with E-state index in [0.29, 0.717) is 5.13 Å². The number of nitrogens with zero attached hydrogens (tertiary/aromatic N) is 2. The van der Waals surface area contributed by atoms with Crippen LogP contribution in [0, 0.1) is 6.92 Å². The molecule has 1 N–H and O–H groups in total. The molecule has 6 heteroatoms. The monoisotopic (exact) mass is 343 g/mol. The Kier molecular flexibility index (Phi) is 4.83. The third-order valence-corrected chi connectivity index (χ3v) is 5.26. The van der Waals surface area contributed by atoms with Gasteiger partial charge in [-0.1, -0.05) is 37.3 Å². The summed E-state index contributed by atoms with van der Waals surface area (Å²) in [6.45, 7) is 4.09. The quantitative estimate of drug-likeness (QED) is 0.750. The fourth-order valence-corrected chi connectivity index (χ4v) is 3.98. The van der Waals surface area contributed by atoms with Crippen LogP contribution in [-0.4, -0.2) is 15.9 Å². The molecule has 0 fully saturated rings. The van der Waals surface area contributed by atoms with Gasteiger partial charge in [-0.15, -0.1) is 22.7 Å². The molecule has 0 aliphatic carbocycles. The highest BCUT2D eigenvalue weighted by molar-refractivity contribution is 7.15. The molecule has 0 aliphatic heterocycles. The highest BCUT2D eigenvalue weighted by atomic mass is 32.1. The van der Waals surface area contributed by atoms with Crippen molar-refractivity contribution < 1.29 is 4.79 Å². The number of rotatable bonds is 5.